The van der Waals surface area contributed by atoms with Crippen molar-refractivity contribution in [2.75, 3.05) is 20.2 Å². The van der Waals surface area contributed by atoms with E-state index in [1.165, 1.54) is 17.7 Å². The standard InChI is InChI=1S/C14H17ClN2O/c1-8-12-10(15)3-4-11(18-2)14(12)17-13(8)9-5-6-16-7-9/h3-4,9,16-17H,5-7H2,1-2H3. The number of aromatic nitrogens is 1. The van der Waals surface area contributed by atoms with Crippen LogP contribution in [0, 0.1) is 6.92 Å². The topological polar surface area (TPSA) is 37.0 Å². The van der Waals surface area contributed by atoms with Gasteiger partial charge in [0, 0.05) is 23.5 Å². The average molecular weight is 265 g/mol. The summed E-state index contributed by atoms with van der Waals surface area (Å²) in [6.45, 7) is 4.26. The molecule has 2 aromatic rings. The maximum absolute atomic E-state index is 6.32. The monoisotopic (exact) mass is 264 g/mol. The number of benzene rings is 1. The van der Waals surface area contributed by atoms with Crippen molar-refractivity contribution in [1.29, 1.82) is 0 Å². The Morgan fingerprint density at radius 2 is 2.22 bits per heavy atom. The number of ether oxygens (including phenoxy) is 1. The van der Waals surface area contributed by atoms with Crippen molar-refractivity contribution in [3.63, 3.8) is 0 Å². The van der Waals surface area contributed by atoms with Gasteiger partial charge in [-0.2, -0.15) is 0 Å². The first kappa shape index (κ1) is 11.9. The van der Waals surface area contributed by atoms with E-state index < -0.39 is 0 Å². The van der Waals surface area contributed by atoms with Crippen LogP contribution in [-0.4, -0.2) is 25.2 Å². The van der Waals surface area contributed by atoms with Gasteiger partial charge >= 0.3 is 0 Å². The van der Waals surface area contributed by atoms with Gasteiger partial charge in [-0.25, -0.2) is 0 Å². The van der Waals surface area contributed by atoms with Crippen molar-refractivity contribution in [2.24, 2.45) is 0 Å². The van der Waals surface area contributed by atoms with Crippen molar-refractivity contribution in [3.05, 3.63) is 28.4 Å². The molecule has 96 valence electrons. The highest BCUT2D eigenvalue weighted by atomic mass is 35.5. The number of hydrogen-bond acceptors (Lipinski definition) is 2. The van der Waals surface area contributed by atoms with Crippen LogP contribution in [0.15, 0.2) is 12.1 Å². The molecule has 1 atom stereocenters. The molecule has 2 N–H and O–H groups in total. The first-order valence-electron chi connectivity index (χ1n) is 6.27. The van der Waals surface area contributed by atoms with Crippen molar-refractivity contribution >= 4 is 22.5 Å². The summed E-state index contributed by atoms with van der Waals surface area (Å²) in [5.74, 6) is 1.41. The molecule has 0 amide bonds. The number of halogens is 1. The molecule has 1 unspecified atom stereocenters. The Labute approximate surface area is 111 Å². The molecule has 2 heterocycles. The molecule has 1 aromatic heterocycles. The molecule has 18 heavy (non-hydrogen) atoms. The number of fused-ring (bicyclic) bond motifs is 1. The average Bonchev–Trinajstić information content (AvgIpc) is 2.98. The van der Waals surface area contributed by atoms with Crippen molar-refractivity contribution in [1.82, 2.24) is 10.3 Å². The summed E-state index contributed by atoms with van der Waals surface area (Å²) < 4.78 is 5.41. The molecule has 1 aliphatic rings. The second kappa shape index (κ2) is 4.48. The summed E-state index contributed by atoms with van der Waals surface area (Å²) in [6.07, 6.45) is 1.17. The lowest BCUT2D eigenvalue weighted by Gasteiger charge is -2.07. The van der Waals surface area contributed by atoms with Crippen molar-refractivity contribution < 1.29 is 4.74 Å². The molecule has 3 rings (SSSR count). The molecule has 1 aromatic carbocycles. The van der Waals surface area contributed by atoms with Crippen LogP contribution in [0.3, 0.4) is 0 Å². The normalized spacial score (nSPS) is 19.6. The quantitative estimate of drug-likeness (QED) is 0.874. The van der Waals surface area contributed by atoms with E-state index >= 15 is 0 Å². The van der Waals surface area contributed by atoms with Crippen LogP contribution >= 0.6 is 11.6 Å². The highest BCUT2D eigenvalue weighted by molar-refractivity contribution is 6.36. The number of H-pyrrole nitrogens is 1. The number of rotatable bonds is 2. The van der Waals surface area contributed by atoms with E-state index in [0.717, 1.165) is 34.8 Å². The van der Waals surface area contributed by atoms with Crippen LogP contribution in [0.2, 0.25) is 5.02 Å². The minimum absolute atomic E-state index is 0.554. The maximum atomic E-state index is 6.32. The lowest BCUT2D eigenvalue weighted by Crippen LogP contribution is -2.08. The molecule has 3 nitrogen and oxygen atoms in total. The van der Waals surface area contributed by atoms with Gasteiger partial charge in [-0.1, -0.05) is 11.6 Å². The van der Waals surface area contributed by atoms with Gasteiger partial charge in [-0.3, -0.25) is 0 Å². The van der Waals surface area contributed by atoms with Crippen LogP contribution in [0.4, 0.5) is 0 Å². The predicted octanol–water partition coefficient (Wildman–Crippen LogP) is 3.22. The van der Waals surface area contributed by atoms with Crippen LogP contribution in [0.5, 0.6) is 5.75 Å². The van der Waals surface area contributed by atoms with Gasteiger partial charge < -0.3 is 15.0 Å². The highest BCUT2D eigenvalue weighted by Gasteiger charge is 2.23. The number of methoxy groups -OCH3 is 1. The molecular formula is C14H17ClN2O. The second-order valence-corrected chi connectivity index (χ2v) is 5.26. The SMILES string of the molecule is COc1ccc(Cl)c2c(C)c(C3CCNC3)[nH]c12. The molecule has 0 bridgehead atoms. The summed E-state index contributed by atoms with van der Waals surface area (Å²) in [5.41, 5.74) is 3.56. The van der Waals surface area contributed by atoms with Crippen LogP contribution < -0.4 is 10.1 Å². The number of aromatic amines is 1. The smallest absolute Gasteiger partial charge is 0.143 e. The summed E-state index contributed by atoms with van der Waals surface area (Å²) in [7, 11) is 1.69. The Balaban J connectivity index is 2.22. The molecule has 0 aliphatic carbocycles. The van der Waals surface area contributed by atoms with Crippen molar-refractivity contribution in [3.8, 4) is 5.75 Å². The molecule has 0 saturated carbocycles. The summed E-state index contributed by atoms with van der Waals surface area (Å²) in [5, 5.41) is 5.29. The fourth-order valence-corrected chi connectivity index (χ4v) is 3.19. The molecular weight excluding hydrogens is 248 g/mol. The number of nitrogens with one attached hydrogen (secondary N) is 2. The third kappa shape index (κ3) is 1.70. The summed E-state index contributed by atoms with van der Waals surface area (Å²) in [6, 6.07) is 3.82. The van der Waals surface area contributed by atoms with E-state index in [-0.39, 0.29) is 0 Å². The largest absolute Gasteiger partial charge is 0.495 e. The molecule has 0 radical (unpaired) electrons. The zero-order valence-corrected chi connectivity index (χ0v) is 11.4. The minimum atomic E-state index is 0.554. The molecule has 1 saturated heterocycles. The first-order valence-corrected chi connectivity index (χ1v) is 6.65. The van der Waals surface area contributed by atoms with Crippen molar-refractivity contribution in [2.45, 2.75) is 19.3 Å². The summed E-state index contributed by atoms with van der Waals surface area (Å²) >= 11 is 6.32. The zero-order valence-electron chi connectivity index (χ0n) is 10.6. The van der Waals surface area contributed by atoms with E-state index in [1.54, 1.807) is 7.11 Å². The van der Waals surface area contributed by atoms with Gasteiger partial charge in [-0.15, -0.1) is 0 Å². The number of hydrogen-bond donors (Lipinski definition) is 2. The van der Waals surface area contributed by atoms with Gasteiger partial charge in [-0.05, 0) is 37.6 Å². The van der Waals surface area contributed by atoms with E-state index in [0.29, 0.717) is 5.92 Å². The lowest BCUT2D eigenvalue weighted by molar-refractivity contribution is 0.419. The van der Waals surface area contributed by atoms with E-state index in [9.17, 15) is 0 Å². The Hall–Kier alpha value is -1.19. The molecule has 1 aliphatic heterocycles. The Morgan fingerprint density at radius 1 is 1.39 bits per heavy atom. The Bertz CT molecular complexity index is 585. The lowest BCUT2D eigenvalue weighted by atomic mass is 10.0. The third-order valence-corrected chi connectivity index (χ3v) is 4.16. The van der Waals surface area contributed by atoms with Gasteiger partial charge in [0.15, 0.2) is 0 Å². The second-order valence-electron chi connectivity index (χ2n) is 4.85. The molecule has 4 heteroatoms. The van der Waals surface area contributed by atoms with Gasteiger partial charge in [0.05, 0.1) is 17.6 Å². The van der Waals surface area contributed by atoms with Crippen LogP contribution in [-0.2, 0) is 0 Å². The number of aryl methyl sites for hydroxylation is 1. The minimum Gasteiger partial charge on any atom is -0.495 e. The fraction of sp³-hybridized carbons (Fsp3) is 0.429. The zero-order chi connectivity index (χ0) is 12.7. The molecule has 1 fully saturated rings. The van der Waals surface area contributed by atoms with Gasteiger partial charge in [0.25, 0.3) is 0 Å². The summed E-state index contributed by atoms with van der Waals surface area (Å²) in [4.78, 5) is 3.52. The van der Waals surface area contributed by atoms with E-state index in [4.69, 9.17) is 16.3 Å². The Morgan fingerprint density at radius 3 is 2.89 bits per heavy atom. The predicted molar refractivity (Wildman–Crippen MR) is 74.8 cm³/mol. The fourth-order valence-electron chi connectivity index (χ4n) is 2.89. The van der Waals surface area contributed by atoms with Gasteiger partial charge in [0.1, 0.15) is 5.75 Å². The highest BCUT2D eigenvalue weighted by Crippen LogP contribution is 2.38. The van der Waals surface area contributed by atoms with E-state index in [2.05, 4.69) is 17.2 Å². The molecule has 0 spiro atoms. The Kier molecular flexibility index (Phi) is 2.96. The van der Waals surface area contributed by atoms with Gasteiger partial charge in [0.2, 0.25) is 0 Å². The van der Waals surface area contributed by atoms with Crippen LogP contribution in [0.25, 0.3) is 10.9 Å². The van der Waals surface area contributed by atoms with Crippen LogP contribution in [0.1, 0.15) is 23.6 Å². The van der Waals surface area contributed by atoms with E-state index in [1.807, 2.05) is 12.1 Å². The maximum Gasteiger partial charge on any atom is 0.143 e. The third-order valence-electron chi connectivity index (χ3n) is 3.84. The first-order chi connectivity index (χ1) is 8.72.